The molecule has 7 rings (SSSR count). The fourth-order valence-corrected chi connectivity index (χ4v) is 9.27. The van der Waals surface area contributed by atoms with Crippen LogP contribution >= 0.6 is 57.4 Å². The van der Waals surface area contributed by atoms with E-state index in [1.54, 1.807) is 17.5 Å². The zero-order valence-electron chi connectivity index (χ0n) is 25.8. The molecule has 256 valence electrons. The van der Waals surface area contributed by atoms with Crippen molar-refractivity contribution in [3.63, 3.8) is 0 Å². The number of carbonyl (C=O) groups is 3. The van der Waals surface area contributed by atoms with Crippen molar-refractivity contribution in [3.05, 3.63) is 85.5 Å². The van der Waals surface area contributed by atoms with Gasteiger partial charge in [0.15, 0.2) is 29.8 Å². The number of nitrogen functional groups attached to an aromatic ring is 1. The van der Waals surface area contributed by atoms with Crippen molar-refractivity contribution in [2.45, 2.75) is 24.5 Å². The number of fused-ring (bicyclic) bond motifs is 2. The first-order valence-corrected chi connectivity index (χ1v) is 18.6. The van der Waals surface area contributed by atoms with Gasteiger partial charge in [-0.05, 0) is 12.1 Å². The fraction of sp³-hybridized carbons (Fsp3) is 0.200. The van der Waals surface area contributed by atoms with E-state index in [-0.39, 0.29) is 33.1 Å². The Hall–Kier alpha value is -4.82. The first-order valence-electron chi connectivity index (χ1n) is 14.6. The summed E-state index contributed by atoms with van der Waals surface area (Å²) in [6, 6.07) is 5.00. The third-order valence-corrected chi connectivity index (χ3v) is 11.8. The fourth-order valence-electron chi connectivity index (χ4n) is 5.61. The van der Waals surface area contributed by atoms with E-state index in [2.05, 4.69) is 30.0 Å². The number of pyridine rings is 1. The molecule has 1 fully saturated rings. The van der Waals surface area contributed by atoms with Crippen LogP contribution in [0.25, 0.3) is 10.9 Å². The van der Waals surface area contributed by atoms with E-state index in [9.17, 15) is 19.5 Å². The van der Waals surface area contributed by atoms with E-state index in [0.717, 1.165) is 32.7 Å². The minimum Gasteiger partial charge on any atom is -0.477 e. The van der Waals surface area contributed by atoms with Gasteiger partial charge in [-0.25, -0.2) is 24.3 Å². The van der Waals surface area contributed by atoms with Crippen LogP contribution in [0.3, 0.4) is 0 Å². The molecule has 2 amide bonds. The molecule has 0 saturated carbocycles. The van der Waals surface area contributed by atoms with E-state index in [4.69, 9.17) is 27.9 Å². The number of amides is 2. The molecule has 0 unspecified atom stereocenters. The normalized spacial score (nSPS) is 18.0. The molecule has 0 aromatic carbocycles. The number of thioether (sulfide) groups is 1. The van der Waals surface area contributed by atoms with E-state index >= 15 is 0 Å². The van der Waals surface area contributed by atoms with Gasteiger partial charge in [-0.1, -0.05) is 28.1 Å². The van der Waals surface area contributed by atoms with E-state index in [1.165, 1.54) is 35.1 Å². The van der Waals surface area contributed by atoms with E-state index in [0.29, 0.717) is 28.8 Å². The quantitative estimate of drug-likeness (QED) is 0.0508. The van der Waals surface area contributed by atoms with Crippen LogP contribution < -0.4 is 21.4 Å². The second-order valence-corrected chi connectivity index (χ2v) is 15.5. The molecule has 0 aliphatic carbocycles. The molecule has 20 heteroatoms. The lowest BCUT2D eigenvalue weighted by Crippen LogP contribution is -2.71. The largest absolute Gasteiger partial charge is 0.477 e. The van der Waals surface area contributed by atoms with Gasteiger partial charge in [0.05, 0.1) is 17.4 Å². The Kier molecular flexibility index (Phi) is 9.31. The molecule has 2 atom stereocenters. The number of thiazole rings is 2. The molecule has 2 aliphatic heterocycles. The molecule has 15 nitrogen and oxygen atoms in total. The monoisotopic (exact) mass is 769 g/mol. The smallest absolute Gasteiger partial charge is 0.352 e. The molecular formula is C30H26ClN10O5S4+. The van der Waals surface area contributed by atoms with Crippen LogP contribution in [0.15, 0.2) is 75.2 Å². The van der Waals surface area contributed by atoms with Gasteiger partial charge in [0.25, 0.3) is 11.8 Å². The van der Waals surface area contributed by atoms with Gasteiger partial charge in [-0.3, -0.25) is 14.5 Å². The predicted octanol–water partition coefficient (Wildman–Crippen LogP) is 3.01. The highest BCUT2D eigenvalue weighted by atomic mass is 35.5. The third kappa shape index (κ3) is 6.44. The van der Waals surface area contributed by atoms with E-state index in [1.807, 2.05) is 52.1 Å². The molecule has 2 aliphatic rings. The van der Waals surface area contributed by atoms with Crippen molar-refractivity contribution in [3.8, 4) is 0 Å². The summed E-state index contributed by atoms with van der Waals surface area (Å²) in [6.45, 7) is 0.886. The summed E-state index contributed by atoms with van der Waals surface area (Å²) in [5.41, 5.74) is 14.0. The number of thiophene rings is 1. The maximum atomic E-state index is 13.3. The number of carboxylic acids is 1. The number of rotatable bonds is 11. The SMILES string of the molecule is CO/N=C(\C(=O)N[C@@H]1C(=O)N2C(C(=O)O)=C(C[n+]3ccc4c(ccn4Cc4cc(/C(N)=N/c5nccs5)cs4)c3)CS[C@H]12)c1nc(N)sc1Cl. The summed E-state index contributed by atoms with van der Waals surface area (Å²) in [5, 5.41) is 21.5. The van der Waals surface area contributed by atoms with Crippen LogP contribution in [0.1, 0.15) is 16.1 Å². The summed E-state index contributed by atoms with van der Waals surface area (Å²) >= 11 is 11.5. The lowest BCUT2D eigenvalue weighted by molar-refractivity contribution is -0.687. The van der Waals surface area contributed by atoms with Gasteiger partial charge >= 0.3 is 5.97 Å². The average Bonchev–Trinajstić information content (AvgIpc) is 3.91. The molecule has 1 saturated heterocycles. The molecule has 0 bridgehead atoms. The van der Waals surface area contributed by atoms with Crippen molar-refractivity contribution < 1.29 is 28.9 Å². The van der Waals surface area contributed by atoms with Crippen LogP contribution in [-0.4, -0.2) is 78.2 Å². The Labute approximate surface area is 304 Å². The van der Waals surface area contributed by atoms with Crippen molar-refractivity contribution in [2.75, 3.05) is 18.6 Å². The summed E-state index contributed by atoms with van der Waals surface area (Å²) in [6.07, 6.45) is 7.51. The molecule has 6 N–H and O–H groups in total. The number of halogens is 1. The number of anilines is 1. The molecule has 5 aromatic rings. The summed E-state index contributed by atoms with van der Waals surface area (Å²) in [5.74, 6) is -1.80. The highest BCUT2D eigenvalue weighted by Gasteiger charge is 2.55. The van der Waals surface area contributed by atoms with Gasteiger partial charge < -0.3 is 31.3 Å². The molecular weight excluding hydrogens is 744 g/mol. The van der Waals surface area contributed by atoms with Gasteiger partial charge in [-0.2, -0.15) is 0 Å². The Morgan fingerprint density at radius 3 is 2.86 bits per heavy atom. The predicted molar refractivity (Wildman–Crippen MR) is 193 cm³/mol. The first-order chi connectivity index (χ1) is 24.1. The van der Waals surface area contributed by atoms with Crippen molar-refractivity contribution >= 4 is 108 Å². The van der Waals surface area contributed by atoms with Crippen molar-refractivity contribution in [1.82, 2.24) is 24.8 Å². The van der Waals surface area contributed by atoms with Gasteiger partial charge in [0.1, 0.15) is 40.1 Å². The van der Waals surface area contributed by atoms with E-state index < -0.39 is 29.2 Å². The first kappa shape index (κ1) is 33.7. The summed E-state index contributed by atoms with van der Waals surface area (Å²) in [4.78, 5) is 58.7. The van der Waals surface area contributed by atoms with Gasteiger partial charge in [0, 0.05) is 51.0 Å². The number of carbonyl (C=O) groups excluding carboxylic acids is 2. The molecule has 0 radical (unpaired) electrons. The number of nitrogens with one attached hydrogen (secondary N) is 1. The van der Waals surface area contributed by atoms with Crippen LogP contribution in [0.5, 0.6) is 0 Å². The lowest BCUT2D eigenvalue weighted by atomic mass is 10.0. The number of β-lactam (4-membered cyclic amide) rings is 1. The highest BCUT2D eigenvalue weighted by molar-refractivity contribution is 8.00. The topological polar surface area (TPSA) is 207 Å². The third-order valence-electron chi connectivity index (χ3n) is 7.81. The second-order valence-electron chi connectivity index (χ2n) is 10.9. The number of nitrogens with zero attached hydrogens (tertiary/aromatic N) is 7. The maximum absolute atomic E-state index is 13.3. The number of nitrogens with two attached hydrogens (primary N) is 2. The Bertz CT molecular complexity index is 2240. The van der Waals surface area contributed by atoms with Gasteiger partial charge in [-0.15, -0.1) is 34.4 Å². The average molecular weight is 770 g/mol. The number of amidine groups is 1. The Balaban J connectivity index is 1.05. The summed E-state index contributed by atoms with van der Waals surface area (Å²) < 4.78 is 4.15. The number of carboxylic acid groups (broad SMARTS) is 1. The summed E-state index contributed by atoms with van der Waals surface area (Å²) in [7, 11) is 1.25. The van der Waals surface area contributed by atoms with Crippen LogP contribution in [0, 0.1) is 0 Å². The number of hydrogen-bond donors (Lipinski definition) is 4. The standard InChI is InChI=1S/C30H25ClN10O5S4/c1-46-38-20(19-23(31)50-29(33)36-19)25(42)35-21-26(43)41-22(28(44)45)16(13-49-27(21)41)10-39-5-3-18-14(9-39)2-6-40(18)11-17-8-15(12-48-17)24(32)37-30-34-4-7-47-30/h2-9,12,21,27H,10-11,13H2,1H3,(H5-,32,33,34,35,36,37,42,44,45)/p+1/b38-20-/t21-,27-/m1/s1. The van der Waals surface area contributed by atoms with Crippen LogP contribution in [0.4, 0.5) is 10.3 Å². The zero-order chi connectivity index (χ0) is 35.1. The zero-order valence-corrected chi connectivity index (χ0v) is 29.9. The molecule has 50 heavy (non-hydrogen) atoms. The van der Waals surface area contributed by atoms with Gasteiger partial charge in [0.2, 0.25) is 5.13 Å². The van der Waals surface area contributed by atoms with Crippen molar-refractivity contribution in [1.29, 1.82) is 0 Å². The maximum Gasteiger partial charge on any atom is 0.352 e. The number of oxime groups is 1. The van der Waals surface area contributed by atoms with Crippen LogP contribution in [0.2, 0.25) is 4.34 Å². The minimum absolute atomic E-state index is 0.0189. The minimum atomic E-state index is -1.23. The second kappa shape index (κ2) is 13.8. The number of aliphatic imine (C=N–C) groups is 1. The number of hydrogen-bond acceptors (Lipinski definition) is 13. The molecule has 7 heterocycles. The van der Waals surface area contributed by atoms with Crippen LogP contribution in [-0.2, 0) is 32.3 Å². The Morgan fingerprint density at radius 1 is 1.30 bits per heavy atom. The highest BCUT2D eigenvalue weighted by Crippen LogP contribution is 2.40. The number of aliphatic carboxylic acids is 1. The molecule has 5 aromatic heterocycles. The Morgan fingerprint density at radius 2 is 2.14 bits per heavy atom. The van der Waals surface area contributed by atoms with Crippen molar-refractivity contribution in [2.24, 2.45) is 15.9 Å². The lowest BCUT2D eigenvalue weighted by Gasteiger charge is -2.49. The molecule has 0 spiro atoms. The number of aromatic nitrogens is 4.